The second-order valence-electron chi connectivity index (χ2n) is 4.70. The van der Waals surface area contributed by atoms with Crippen molar-refractivity contribution < 1.29 is 0 Å². The molecule has 0 aliphatic rings. The number of nitrogens with one attached hydrogen (secondary N) is 1. The van der Waals surface area contributed by atoms with Crippen LogP contribution in [0.3, 0.4) is 0 Å². The number of halogens is 1. The molecule has 1 N–H and O–H groups in total. The minimum absolute atomic E-state index is 0.229. The van der Waals surface area contributed by atoms with Crippen LogP contribution in [0.4, 0.5) is 5.69 Å². The third-order valence-electron chi connectivity index (χ3n) is 2.83. The number of likely N-dealkylation sites (N-methyl/N-ethyl adjacent to an activating group) is 3. The van der Waals surface area contributed by atoms with Crippen molar-refractivity contribution in [2.24, 2.45) is 0 Å². The topological polar surface area (TPSA) is 53.4 Å². The maximum Gasteiger partial charge on any atom is 0.287 e. The molecule has 0 atom stereocenters. The first-order chi connectivity index (χ1) is 8.97. The summed E-state index contributed by atoms with van der Waals surface area (Å²) in [5.74, 6) is 0. The molecule has 1 aromatic heterocycles. The van der Waals surface area contributed by atoms with Crippen LogP contribution < -0.4 is 15.8 Å². The summed E-state index contributed by atoms with van der Waals surface area (Å²) in [7, 11) is 7.68. The highest BCUT2D eigenvalue weighted by molar-refractivity contribution is 6.33. The number of hydrogen-bond donors (Lipinski definition) is 1. The molecule has 1 heterocycles. The van der Waals surface area contributed by atoms with E-state index in [1.807, 2.05) is 38.0 Å². The van der Waals surface area contributed by atoms with Crippen molar-refractivity contribution in [2.45, 2.75) is 6.54 Å². The Balaban J connectivity index is 2.88. The predicted molar refractivity (Wildman–Crippen MR) is 79.3 cm³/mol. The number of aromatic nitrogens is 2. The number of hydrogen-bond acceptors (Lipinski definition) is 5. The van der Waals surface area contributed by atoms with E-state index in [9.17, 15) is 4.79 Å². The van der Waals surface area contributed by atoms with E-state index in [4.69, 9.17) is 11.6 Å². The summed E-state index contributed by atoms with van der Waals surface area (Å²) in [6, 6.07) is 0. The Morgan fingerprint density at radius 2 is 2.05 bits per heavy atom. The maximum absolute atomic E-state index is 12.1. The Labute approximate surface area is 119 Å². The highest BCUT2D eigenvalue weighted by Gasteiger charge is 2.12. The fourth-order valence-corrected chi connectivity index (χ4v) is 1.87. The largest absolute Gasteiger partial charge is 0.371 e. The van der Waals surface area contributed by atoms with E-state index >= 15 is 0 Å². The molecule has 0 fully saturated rings. The smallest absolute Gasteiger partial charge is 0.287 e. The van der Waals surface area contributed by atoms with Crippen LogP contribution in [0.15, 0.2) is 11.0 Å². The molecule has 0 aliphatic heterocycles. The van der Waals surface area contributed by atoms with Gasteiger partial charge in [0.15, 0.2) is 0 Å². The summed E-state index contributed by atoms with van der Waals surface area (Å²) >= 11 is 6.14. The molecule has 0 amide bonds. The molecule has 7 heteroatoms. The summed E-state index contributed by atoms with van der Waals surface area (Å²) < 4.78 is 1.40. The fourth-order valence-electron chi connectivity index (χ4n) is 1.58. The van der Waals surface area contributed by atoms with Crippen LogP contribution in [-0.2, 0) is 6.54 Å². The minimum atomic E-state index is -0.239. The van der Waals surface area contributed by atoms with Crippen molar-refractivity contribution in [1.29, 1.82) is 0 Å². The van der Waals surface area contributed by atoms with Gasteiger partial charge < -0.3 is 15.1 Å². The Hall–Kier alpha value is -1.11. The Kier molecular flexibility index (Phi) is 6.27. The van der Waals surface area contributed by atoms with E-state index in [0.29, 0.717) is 12.2 Å². The zero-order valence-electron chi connectivity index (χ0n) is 12.0. The average Bonchev–Trinajstić information content (AvgIpc) is 2.37. The first-order valence-electron chi connectivity index (χ1n) is 6.23. The summed E-state index contributed by atoms with van der Waals surface area (Å²) in [6.07, 6.45) is 1.65. The van der Waals surface area contributed by atoms with E-state index in [2.05, 4.69) is 10.4 Å². The molecule has 1 aromatic rings. The van der Waals surface area contributed by atoms with Crippen LogP contribution in [0.5, 0.6) is 0 Å². The van der Waals surface area contributed by atoms with Gasteiger partial charge in [-0.15, -0.1) is 0 Å². The summed E-state index contributed by atoms with van der Waals surface area (Å²) in [6.45, 7) is 2.86. The molecule has 19 heavy (non-hydrogen) atoms. The van der Waals surface area contributed by atoms with Crippen molar-refractivity contribution in [3.63, 3.8) is 0 Å². The normalized spacial score (nSPS) is 11.1. The van der Waals surface area contributed by atoms with Gasteiger partial charge in [0.25, 0.3) is 5.56 Å². The molecule has 108 valence electrons. The first-order valence-corrected chi connectivity index (χ1v) is 6.61. The lowest BCUT2D eigenvalue weighted by Gasteiger charge is -2.20. The van der Waals surface area contributed by atoms with Crippen molar-refractivity contribution in [3.8, 4) is 0 Å². The van der Waals surface area contributed by atoms with Gasteiger partial charge in [-0.3, -0.25) is 4.79 Å². The van der Waals surface area contributed by atoms with Crippen LogP contribution >= 0.6 is 11.6 Å². The minimum Gasteiger partial charge on any atom is -0.371 e. The lowest BCUT2D eigenvalue weighted by molar-refractivity contribution is 0.367. The second kappa shape index (κ2) is 7.47. The predicted octanol–water partition coefficient (Wildman–Crippen LogP) is 0.114. The molecule has 0 spiro atoms. The third-order valence-corrected chi connectivity index (χ3v) is 3.19. The standard InChI is InChI=1S/C12H22ClN5O/c1-14-5-6-17(4)10-9-15-18(8-7-16(2)3)12(19)11(10)13/h9,14H,5-8H2,1-4H3. The van der Waals surface area contributed by atoms with Gasteiger partial charge in [0.05, 0.1) is 18.4 Å². The van der Waals surface area contributed by atoms with Crippen molar-refractivity contribution in [3.05, 3.63) is 21.6 Å². The number of nitrogens with zero attached hydrogens (tertiary/aromatic N) is 4. The number of anilines is 1. The van der Waals surface area contributed by atoms with Gasteiger partial charge in [-0.25, -0.2) is 4.68 Å². The molecule has 0 aliphatic carbocycles. The first kappa shape index (κ1) is 15.9. The van der Waals surface area contributed by atoms with E-state index in [-0.39, 0.29) is 10.6 Å². The van der Waals surface area contributed by atoms with Crippen LogP contribution in [0.1, 0.15) is 0 Å². The molecule has 0 aromatic carbocycles. The molecule has 0 radical (unpaired) electrons. The van der Waals surface area contributed by atoms with Crippen LogP contribution in [0.2, 0.25) is 5.02 Å². The zero-order valence-corrected chi connectivity index (χ0v) is 12.7. The van der Waals surface area contributed by atoms with Crippen molar-refractivity contribution >= 4 is 17.3 Å². The quantitative estimate of drug-likeness (QED) is 0.772. The zero-order chi connectivity index (χ0) is 14.4. The molecular formula is C12H22ClN5O. The molecule has 0 saturated heterocycles. The molecule has 0 bridgehead atoms. The van der Waals surface area contributed by atoms with Crippen molar-refractivity contribution in [1.82, 2.24) is 20.0 Å². The Morgan fingerprint density at radius 1 is 1.37 bits per heavy atom. The fraction of sp³-hybridized carbons (Fsp3) is 0.667. The van der Waals surface area contributed by atoms with Crippen LogP contribution in [0.25, 0.3) is 0 Å². The number of rotatable bonds is 7. The highest BCUT2D eigenvalue weighted by Crippen LogP contribution is 2.18. The van der Waals surface area contributed by atoms with Gasteiger partial charge in [0, 0.05) is 26.7 Å². The highest BCUT2D eigenvalue weighted by atomic mass is 35.5. The monoisotopic (exact) mass is 287 g/mol. The van der Waals surface area contributed by atoms with Gasteiger partial charge in [-0.05, 0) is 21.1 Å². The second-order valence-corrected chi connectivity index (χ2v) is 5.08. The van der Waals surface area contributed by atoms with Gasteiger partial charge in [-0.2, -0.15) is 5.10 Å². The molecule has 1 rings (SSSR count). The maximum atomic E-state index is 12.1. The van der Waals surface area contributed by atoms with E-state index in [0.717, 1.165) is 19.6 Å². The lowest BCUT2D eigenvalue weighted by atomic mass is 10.4. The molecule has 0 saturated carbocycles. The van der Waals surface area contributed by atoms with Gasteiger partial charge in [0.1, 0.15) is 5.02 Å². The molecule has 0 unspecified atom stereocenters. The summed E-state index contributed by atoms with van der Waals surface area (Å²) in [5, 5.41) is 7.45. The van der Waals surface area contributed by atoms with Crippen LogP contribution in [-0.4, -0.2) is 62.5 Å². The SMILES string of the molecule is CNCCN(C)c1cnn(CCN(C)C)c(=O)c1Cl. The summed E-state index contributed by atoms with van der Waals surface area (Å²) in [5.41, 5.74) is 0.431. The molecule has 6 nitrogen and oxygen atoms in total. The van der Waals surface area contributed by atoms with Crippen molar-refractivity contribution in [2.75, 3.05) is 52.7 Å². The van der Waals surface area contributed by atoms with E-state index < -0.39 is 0 Å². The Bertz CT molecular complexity index is 460. The van der Waals surface area contributed by atoms with E-state index in [1.165, 1.54) is 4.68 Å². The van der Waals surface area contributed by atoms with E-state index in [1.54, 1.807) is 6.20 Å². The van der Waals surface area contributed by atoms with Gasteiger partial charge in [0.2, 0.25) is 0 Å². The van der Waals surface area contributed by atoms with Crippen LogP contribution in [0, 0.1) is 0 Å². The average molecular weight is 288 g/mol. The van der Waals surface area contributed by atoms with Gasteiger partial charge >= 0.3 is 0 Å². The third kappa shape index (κ3) is 4.49. The molecular weight excluding hydrogens is 266 g/mol. The van der Waals surface area contributed by atoms with Gasteiger partial charge in [-0.1, -0.05) is 11.6 Å². The Morgan fingerprint density at radius 3 is 2.63 bits per heavy atom. The summed E-state index contributed by atoms with van der Waals surface area (Å²) in [4.78, 5) is 16.0. The lowest BCUT2D eigenvalue weighted by Crippen LogP contribution is -2.32.